The normalized spacial score (nSPS) is 10.9. The Hall–Kier alpha value is -3.78. The molecule has 0 unspecified atom stereocenters. The van der Waals surface area contributed by atoms with Crippen LogP contribution in [0.3, 0.4) is 0 Å². The van der Waals surface area contributed by atoms with Crippen LogP contribution in [0, 0.1) is 20.8 Å². The summed E-state index contributed by atoms with van der Waals surface area (Å²) >= 11 is 1.04. The molecule has 174 valence electrons. The van der Waals surface area contributed by atoms with E-state index in [1.54, 1.807) is 12.1 Å². The lowest BCUT2D eigenvalue weighted by Gasteiger charge is -2.11. The van der Waals surface area contributed by atoms with Crippen molar-refractivity contribution in [2.24, 2.45) is 0 Å². The van der Waals surface area contributed by atoms with Crippen molar-refractivity contribution in [3.63, 3.8) is 0 Å². The van der Waals surface area contributed by atoms with Gasteiger partial charge >= 0.3 is 0 Å². The first-order valence-corrected chi connectivity index (χ1v) is 11.9. The second-order valence-electron chi connectivity index (χ2n) is 8.26. The molecule has 4 aromatic rings. The maximum absolute atomic E-state index is 13.4. The molecule has 0 atom stereocenters. The maximum Gasteiger partial charge on any atom is 0.274 e. The molecular weight excluding hydrogens is 448 g/mol. The zero-order chi connectivity index (χ0) is 24.4. The molecule has 7 nitrogen and oxygen atoms in total. The summed E-state index contributed by atoms with van der Waals surface area (Å²) in [5.74, 6) is -1.01. The first-order valence-electron chi connectivity index (χ1n) is 11.1. The molecule has 0 spiro atoms. The summed E-state index contributed by atoms with van der Waals surface area (Å²) in [5.41, 5.74) is 4.47. The zero-order valence-electron chi connectivity index (χ0n) is 19.6. The van der Waals surface area contributed by atoms with E-state index in [-0.39, 0.29) is 16.1 Å². The molecule has 0 radical (unpaired) electrons. The number of fused-ring (bicyclic) bond motifs is 1. The molecule has 0 saturated carbocycles. The first kappa shape index (κ1) is 23.4. The third-order valence-electron chi connectivity index (χ3n) is 5.66. The second-order valence-corrected chi connectivity index (χ2v) is 9.23. The Kier molecular flexibility index (Phi) is 6.61. The number of benzene rings is 2. The van der Waals surface area contributed by atoms with Crippen LogP contribution in [-0.4, -0.2) is 21.2 Å². The van der Waals surface area contributed by atoms with E-state index in [0.717, 1.165) is 34.4 Å². The minimum absolute atomic E-state index is 0.0241. The van der Waals surface area contributed by atoms with Crippen molar-refractivity contribution in [2.75, 3.05) is 10.6 Å². The zero-order valence-corrected chi connectivity index (χ0v) is 20.4. The number of carbonyl (C=O) groups is 2. The van der Waals surface area contributed by atoms with E-state index < -0.39 is 11.8 Å². The number of nitrogens with zero attached hydrogens (tertiary/aromatic N) is 2. The average Bonchev–Trinajstić information content (AvgIpc) is 3.19. The van der Waals surface area contributed by atoms with Gasteiger partial charge in [-0.25, -0.2) is 9.38 Å². The largest absolute Gasteiger partial charge is 0.321 e. The molecule has 4 rings (SSSR count). The summed E-state index contributed by atoms with van der Waals surface area (Å²) < 4.78 is 1.23. The van der Waals surface area contributed by atoms with Gasteiger partial charge < -0.3 is 10.6 Å². The van der Waals surface area contributed by atoms with Crippen LogP contribution in [0.5, 0.6) is 0 Å². The van der Waals surface area contributed by atoms with Gasteiger partial charge in [-0.2, -0.15) is 0 Å². The highest BCUT2D eigenvalue weighted by Gasteiger charge is 2.27. The number of amides is 2. The fourth-order valence-electron chi connectivity index (χ4n) is 3.66. The van der Waals surface area contributed by atoms with E-state index in [0.29, 0.717) is 28.5 Å². The highest BCUT2D eigenvalue weighted by molar-refractivity contribution is 7.19. The molecule has 0 aliphatic carbocycles. The molecule has 2 amide bonds. The molecule has 2 heterocycles. The summed E-state index contributed by atoms with van der Waals surface area (Å²) in [4.78, 5) is 44.7. The van der Waals surface area contributed by atoms with Gasteiger partial charge in [0.15, 0.2) is 4.96 Å². The third kappa shape index (κ3) is 4.63. The van der Waals surface area contributed by atoms with E-state index in [1.165, 1.54) is 10.5 Å². The van der Waals surface area contributed by atoms with Gasteiger partial charge in [0.25, 0.3) is 17.4 Å². The van der Waals surface area contributed by atoms with Gasteiger partial charge in [0.05, 0.1) is 0 Å². The van der Waals surface area contributed by atoms with Crippen LogP contribution in [0.25, 0.3) is 4.96 Å². The van der Waals surface area contributed by atoms with Gasteiger partial charge in [-0.15, -0.1) is 0 Å². The summed E-state index contributed by atoms with van der Waals surface area (Å²) in [5, 5.41) is 5.71. The number of hydrogen-bond donors (Lipinski definition) is 2. The number of aryl methyl sites for hydroxylation is 3. The van der Waals surface area contributed by atoms with E-state index in [9.17, 15) is 14.4 Å². The van der Waals surface area contributed by atoms with Crippen molar-refractivity contribution < 1.29 is 9.59 Å². The second kappa shape index (κ2) is 9.61. The van der Waals surface area contributed by atoms with Gasteiger partial charge in [0, 0.05) is 23.1 Å². The number of hydrogen-bond acceptors (Lipinski definition) is 5. The smallest absolute Gasteiger partial charge is 0.274 e. The molecule has 2 N–H and O–H groups in total. The SMILES string of the molecule is CCCc1cc(=O)n2c(C(=O)Nc3ccc(C)cc3)c(C(=O)Nc3cccc(C)c3C)sc2n1. The van der Waals surface area contributed by atoms with E-state index >= 15 is 0 Å². The van der Waals surface area contributed by atoms with Gasteiger partial charge in [0.2, 0.25) is 0 Å². The highest BCUT2D eigenvalue weighted by Crippen LogP contribution is 2.26. The Morgan fingerprint density at radius 2 is 1.74 bits per heavy atom. The molecule has 34 heavy (non-hydrogen) atoms. The van der Waals surface area contributed by atoms with E-state index in [2.05, 4.69) is 15.6 Å². The number of aromatic nitrogens is 2. The number of anilines is 2. The molecular formula is C26H26N4O3S. The standard InChI is InChI=1S/C26H26N4O3S/c1-5-7-19-14-21(31)30-22(24(32)27-18-12-10-15(2)11-13-18)23(34-26(30)28-19)25(33)29-20-9-6-8-16(3)17(20)4/h6,8-14H,5,7H2,1-4H3,(H,27,32)(H,29,33). The average molecular weight is 475 g/mol. The van der Waals surface area contributed by atoms with Crippen molar-refractivity contribution in [3.05, 3.63) is 91.8 Å². The number of rotatable bonds is 6. The Balaban J connectivity index is 1.82. The summed E-state index contributed by atoms with van der Waals surface area (Å²) in [6.45, 7) is 7.84. The Labute approximate surface area is 201 Å². The van der Waals surface area contributed by atoms with Gasteiger partial charge in [0.1, 0.15) is 10.6 Å². The molecule has 8 heteroatoms. The quantitative estimate of drug-likeness (QED) is 0.405. The predicted molar refractivity (Wildman–Crippen MR) is 136 cm³/mol. The van der Waals surface area contributed by atoms with Crippen LogP contribution in [0.4, 0.5) is 11.4 Å². The number of nitrogens with one attached hydrogen (secondary N) is 2. The highest BCUT2D eigenvalue weighted by atomic mass is 32.1. The van der Waals surface area contributed by atoms with Crippen molar-refractivity contribution in [2.45, 2.75) is 40.5 Å². The van der Waals surface area contributed by atoms with Gasteiger partial charge in [-0.1, -0.05) is 54.5 Å². The number of thiazole rings is 1. The lowest BCUT2D eigenvalue weighted by Crippen LogP contribution is -2.25. The minimum Gasteiger partial charge on any atom is -0.321 e. The van der Waals surface area contributed by atoms with Crippen molar-refractivity contribution in [3.8, 4) is 0 Å². The summed E-state index contributed by atoms with van der Waals surface area (Å²) in [6.07, 6.45) is 1.47. The third-order valence-corrected chi connectivity index (χ3v) is 6.70. The molecule has 0 aliphatic rings. The van der Waals surface area contributed by atoms with Crippen LogP contribution in [0.15, 0.2) is 53.3 Å². The fourth-order valence-corrected chi connectivity index (χ4v) is 4.70. The molecule has 0 fully saturated rings. The van der Waals surface area contributed by atoms with Crippen LogP contribution in [0.2, 0.25) is 0 Å². The fraction of sp³-hybridized carbons (Fsp3) is 0.231. The van der Waals surface area contributed by atoms with Crippen molar-refractivity contribution in [1.29, 1.82) is 0 Å². The van der Waals surface area contributed by atoms with Crippen molar-refractivity contribution in [1.82, 2.24) is 9.38 Å². The summed E-state index contributed by atoms with van der Waals surface area (Å²) in [6, 6.07) is 14.4. The maximum atomic E-state index is 13.4. The topological polar surface area (TPSA) is 92.6 Å². The van der Waals surface area contributed by atoms with Crippen molar-refractivity contribution >= 4 is 39.5 Å². The van der Waals surface area contributed by atoms with Crippen LogP contribution >= 0.6 is 11.3 Å². The molecule has 2 aromatic heterocycles. The molecule has 2 aromatic carbocycles. The first-order chi connectivity index (χ1) is 16.3. The van der Waals surface area contributed by atoms with Crippen LogP contribution in [-0.2, 0) is 6.42 Å². The Bertz CT molecular complexity index is 1450. The van der Waals surface area contributed by atoms with E-state index in [4.69, 9.17) is 0 Å². The van der Waals surface area contributed by atoms with Crippen LogP contribution in [0.1, 0.15) is 55.9 Å². The molecule has 0 aliphatic heterocycles. The van der Waals surface area contributed by atoms with Gasteiger partial charge in [-0.05, 0) is 56.5 Å². The lowest BCUT2D eigenvalue weighted by molar-refractivity contribution is 0.0989. The minimum atomic E-state index is -0.548. The predicted octanol–water partition coefficient (Wildman–Crippen LogP) is 5.14. The Morgan fingerprint density at radius 1 is 1.00 bits per heavy atom. The molecule has 0 saturated heterocycles. The van der Waals surface area contributed by atoms with Gasteiger partial charge in [-0.3, -0.25) is 14.4 Å². The van der Waals surface area contributed by atoms with Crippen LogP contribution < -0.4 is 16.2 Å². The van der Waals surface area contributed by atoms with E-state index in [1.807, 2.05) is 58.0 Å². The Morgan fingerprint density at radius 3 is 2.44 bits per heavy atom. The molecule has 0 bridgehead atoms. The number of carbonyl (C=O) groups excluding carboxylic acids is 2. The monoisotopic (exact) mass is 474 g/mol. The lowest BCUT2D eigenvalue weighted by atomic mass is 10.1. The summed E-state index contributed by atoms with van der Waals surface area (Å²) in [7, 11) is 0.